The summed E-state index contributed by atoms with van der Waals surface area (Å²) in [6.45, 7) is 2.92. The molecule has 0 fully saturated rings. The average Bonchev–Trinajstić information content (AvgIpc) is 2.67. The second-order valence-corrected chi connectivity index (χ2v) is 6.62. The van der Waals surface area contributed by atoms with Crippen LogP contribution in [-0.4, -0.2) is 23.5 Å². The van der Waals surface area contributed by atoms with Gasteiger partial charge in [0, 0.05) is 29.0 Å². The van der Waals surface area contributed by atoms with Gasteiger partial charge in [-0.3, -0.25) is 10.1 Å². The normalized spacial score (nSPS) is 13.6. The first-order valence-electron chi connectivity index (χ1n) is 8.27. The molecule has 1 aliphatic rings. The van der Waals surface area contributed by atoms with E-state index < -0.39 is 4.92 Å². The molecule has 0 unspecified atom stereocenters. The summed E-state index contributed by atoms with van der Waals surface area (Å²) in [6.07, 6.45) is 0. The Balaban J connectivity index is 1.73. The molecule has 0 bridgehead atoms. The van der Waals surface area contributed by atoms with Gasteiger partial charge < -0.3 is 19.9 Å². The zero-order chi connectivity index (χ0) is 19.2. The summed E-state index contributed by atoms with van der Waals surface area (Å²) in [5, 5.41) is 11.5. The number of hydrogen-bond acceptors (Lipinski definition) is 7. The Hall–Kier alpha value is -2.78. The van der Waals surface area contributed by atoms with Crippen LogP contribution in [0.3, 0.4) is 0 Å². The van der Waals surface area contributed by atoms with E-state index in [1.807, 2.05) is 31.2 Å². The van der Waals surface area contributed by atoms with Crippen molar-refractivity contribution in [1.82, 2.24) is 0 Å². The smallest absolute Gasteiger partial charge is 0.270 e. The molecule has 0 amide bonds. The summed E-state index contributed by atoms with van der Waals surface area (Å²) in [5.41, 5.74) is 8.06. The van der Waals surface area contributed by atoms with Gasteiger partial charge in [0.25, 0.3) is 5.69 Å². The molecule has 0 radical (unpaired) electrons. The molecular formula is C18H19N3O5S. The van der Waals surface area contributed by atoms with Crippen molar-refractivity contribution in [3.05, 3.63) is 57.6 Å². The second-order valence-electron chi connectivity index (χ2n) is 5.63. The Bertz CT molecular complexity index is 855. The lowest BCUT2D eigenvalue weighted by molar-refractivity contribution is -0.385. The third-order valence-corrected chi connectivity index (χ3v) is 4.59. The lowest BCUT2D eigenvalue weighted by Gasteiger charge is -2.20. The van der Waals surface area contributed by atoms with E-state index in [4.69, 9.17) is 19.9 Å². The van der Waals surface area contributed by atoms with E-state index in [0.717, 1.165) is 5.75 Å². The van der Waals surface area contributed by atoms with Gasteiger partial charge in [0.05, 0.1) is 23.8 Å². The van der Waals surface area contributed by atoms with E-state index in [9.17, 15) is 10.1 Å². The lowest BCUT2D eigenvalue weighted by atomic mass is 10.1. The van der Waals surface area contributed by atoms with Crippen LogP contribution in [0.5, 0.6) is 11.5 Å². The van der Waals surface area contributed by atoms with E-state index in [0.29, 0.717) is 40.1 Å². The minimum atomic E-state index is -0.430. The molecule has 0 aliphatic carbocycles. The highest BCUT2D eigenvalue weighted by Gasteiger charge is 2.21. The predicted octanol–water partition coefficient (Wildman–Crippen LogP) is 3.74. The summed E-state index contributed by atoms with van der Waals surface area (Å²) in [4.78, 5) is 15.1. The minimum absolute atomic E-state index is 0.000438. The molecule has 0 spiro atoms. The Morgan fingerprint density at radius 1 is 1.37 bits per heavy atom. The Morgan fingerprint density at radius 2 is 2.15 bits per heavy atom. The first-order chi connectivity index (χ1) is 13.1. The van der Waals surface area contributed by atoms with Crippen molar-refractivity contribution < 1.29 is 19.1 Å². The zero-order valence-corrected chi connectivity index (χ0v) is 15.5. The average molecular weight is 389 g/mol. The highest BCUT2D eigenvalue weighted by atomic mass is 32.2. The summed E-state index contributed by atoms with van der Waals surface area (Å²) < 4.78 is 16.1. The molecule has 27 heavy (non-hydrogen) atoms. The molecule has 2 N–H and O–H groups in total. The second kappa shape index (κ2) is 8.74. The first kappa shape index (κ1) is 19.0. The fourth-order valence-electron chi connectivity index (χ4n) is 2.59. The van der Waals surface area contributed by atoms with Crippen molar-refractivity contribution in [2.45, 2.75) is 19.3 Å². The topological polar surface area (TPSA) is 109 Å². The van der Waals surface area contributed by atoms with Crippen LogP contribution in [-0.2, 0) is 17.1 Å². The molecular weight excluding hydrogens is 370 g/mol. The number of non-ortho nitro benzene ring substituents is 1. The summed E-state index contributed by atoms with van der Waals surface area (Å²) in [6, 6.07) is 10.2. The monoisotopic (exact) mass is 389 g/mol. The van der Waals surface area contributed by atoms with Crippen LogP contribution in [0.4, 0.5) is 11.4 Å². The number of fused-ring (bicyclic) bond motifs is 1. The number of rotatable bonds is 6. The molecule has 0 saturated heterocycles. The van der Waals surface area contributed by atoms with Crippen molar-refractivity contribution in [1.29, 1.82) is 0 Å². The number of amidine groups is 1. The highest BCUT2D eigenvalue weighted by Crippen LogP contribution is 2.35. The van der Waals surface area contributed by atoms with Gasteiger partial charge in [-0.05, 0) is 31.2 Å². The quantitative estimate of drug-likeness (QED) is 0.347. The number of nitro benzene ring substituents is 1. The van der Waals surface area contributed by atoms with Gasteiger partial charge in [0.15, 0.2) is 12.0 Å². The fourth-order valence-corrected chi connectivity index (χ4v) is 3.28. The summed E-state index contributed by atoms with van der Waals surface area (Å²) in [5.74, 6) is 1.79. The number of nitrogens with zero attached hydrogens (tertiary/aromatic N) is 2. The highest BCUT2D eigenvalue weighted by molar-refractivity contribution is 8.13. The van der Waals surface area contributed by atoms with Crippen LogP contribution < -0.4 is 15.2 Å². The van der Waals surface area contributed by atoms with Crippen LogP contribution >= 0.6 is 11.8 Å². The molecule has 0 atom stereocenters. The van der Waals surface area contributed by atoms with Gasteiger partial charge in [0.1, 0.15) is 11.5 Å². The van der Waals surface area contributed by atoms with Crippen LogP contribution in [0, 0.1) is 10.1 Å². The minimum Gasteiger partial charge on any atom is -0.494 e. The van der Waals surface area contributed by atoms with Gasteiger partial charge >= 0.3 is 0 Å². The van der Waals surface area contributed by atoms with Crippen LogP contribution in [0.1, 0.15) is 18.1 Å². The molecule has 1 heterocycles. The van der Waals surface area contributed by atoms with Gasteiger partial charge in [-0.1, -0.05) is 11.8 Å². The van der Waals surface area contributed by atoms with Crippen molar-refractivity contribution in [2.24, 2.45) is 10.7 Å². The van der Waals surface area contributed by atoms with E-state index in [2.05, 4.69) is 4.99 Å². The predicted molar refractivity (Wildman–Crippen MR) is 104 cm³/mol. The maximum absolute atomic E-state index is 11.2. The van der Waals surface area contributed by atoms with Gasteiger partial charge in [-0.25, -0.2) is 4.99 Å². The van der Waals surface area contributed by atoms with Crippen molar-refractivity contribution >= 4 is 28.3 Å². The number of thioether (sulfide) groups is 1. The molecule has 1 aliphatic heterocycles. The maximum Gasteiger partial charge on any atom is 0.270 e. The molecule has 2 aromatic rings. The molecule has 142 valence electrons. The fraction of sp³-hybridized carbons (Fsp3) is 0.278. The number of ether oxygens (including phenoxy) is 3. The summed E-state index contributed by atoms with van der Waals surface area (Å²) >= 11 is 1.29. The third kappa shape index (κ3) is 4.89. The van der Waals surface area contributed by atoms with E-state index in [-0.39, 0.29) is 19.1 Å². The first-order valence-corrected chi connectivity index (χ1v) is 9.26. The largest absolute Gasteiger partial charge is 0.494 e. The Labute approximate surface area is 160 Å². The number of benzene rings is 2. The van der Waals surface area contributed by atoms with E-state index in [1.54, 1.807) is 0 Å². The molecule has 0 saturated carbocycles. The van der Waals surface area contributed by atoms with Crippen LogP contribution in [0.15, 0.2) is 41.4 Å². The van der Waals surface area contributed by atoms with Crippen LogP contribution in [0.2, 0.25) is 0 Å². The zero-order valence-electron chi connectivity index (χ0n) is 14.7. The number of nitro groups is 1. The van der Waals surface area contributed by atoms with Crippen molar-refractivity contribution in [3.63, 3.8) is 0 Å². The SMILES string of the molecule is CCOc1ccc(N=C(N)SCc2cc([N+](=O)[O-])cc3c2OCOC3)cc1. The van der Waals surface area contributed by atoms with Gasteiger partial charge in [0.2, 0.25) is 0 Å². The molecule has 0 aromatic heterocycles. The Kier molecular flexibility index (Phi) is 6.15. The van der Waals surface area contributed by atoms with Crippen LogP contribution in [0.25, 0.3) is 0 Å². The van der Waals surface area contributed by atoms with Gasteiger partial charge in [-0.2, -0.15) is 0 Å². The standard InChI is InChI=1S/C18H19N3O5S/c1-2-25-16-5-3-14(4-6-16)20-18(19)27-10-13-8-15(21(22)23)7-12-9-24-11-26-17(12)13/h3-8H,2,9-11H2,1H3,(H2,19,20). The van der Waals surface area contributed by atoms with Crippen molar-refractivity contribution in [2.75, 3.05) is 13.4 Å². The van der Waals surface area contributed by atoms with E-state index in [1.165, 1.54) is 23.9 Å². The van der Waals surface area contributed by atoms with Crippen molar-refractivity contribution in [3.8, 4) is 11.5 Å². The third-order valence-electron chi connectivity index (χ3n) is 3.75. The molecule has 3 rings (SSSR count). The lowest BCUT2D eigenvalue weighted by Crippen LogP contribution is -2.14. The number of hydrogen-bond donors (Lipinski definition) is 1. The molecule has 8 nitrogen and oxygen atoms in total. The number of nitrogens with two attached hydrogens (primary N) is 1. The maximum atomic E-state index is 11.2. The van der Waals surface area contributed by atoms with Gasteiger partial charge in [-0.15, -0.1) is 0 Å². The molecule has 2 aromatic carbocycles. The summed E-state index contributed by atoms with van der Waals surface area (Å²) in [7, 11) is 0. The number of aliphatic imine (C=N–C) groups is 1. The van der Waals surface area contributed by atoms with E-state index >= 15 is 0 Å². The molecule has 9 heteroatoms. The Morgan fingerprint density at radius 3 is 2.85 bits per heavy atom.